The number of aromatic nitrogens is 1. The van der Waals surface area contributed by atoms with Crippen molar-refractivity contribution in [3.8, 4) is 0 Å². The number of aromatic amines is 1. The van der Waals surface area contributed by atoms with Gasteiger partial charge in [-0.25, -0.2) is 0 Å². The molecule has 1 atom stereocenters. The van der Waals surface area contributed by atoms with Gasteiger partial charge in [0.05, 0.1) is 0 Å². The number of carbonyl (C=O) groups is 1. The first-order valence-electron chi connectivity index (χ1n) is 7.98. The maximum Gasteiger partial charge on any atom is 0.320 e. The van der Waals surface area contributed by atoms with Crippen LogP contribution in [0.4, 0.5) is 0 Å². The maximum absolute atomic E-state index is 11.2. The molecule has 4 N–H and O–H groups in total. The first-order chi connectivity index (χ1) is 11.5. The van der Waals surface area contributed by atoms with E-state index in [4.69, 9.17) is 10.8 Å². The number of carboxylic acids is 1. The molecule has 0 spiro atoms. The van der Waals surface area contributed by atoms with Gasteiger partial charge < -0.3 is 15.8 Å². The number of nitrogens with two attached hydrogens (primary N) is 1. The van der Waals surface area contributed by atoms with Crippen molar-refractivity contribution in [1.29, 1.82) is 0 Å². The highest BCUT2D eigenvalue weighted by Crippen LogP contribution is 2.29. The van der Waals surface area contributed by atoms with Crippen LogP contribution in [0.25, 0.3) is 10.9 Å². The van der Waals surface area contributed by atoms with Crippen LogP contribution in [0.15, 0.2) is 50.1 Å². The van der Waals surface area contributed by atoms with Crippen molar-refractivity contribution < 1.29 is 9.90 Å². The predicted octanol–water partition coefficient (Wildman–Crippen LogP) is 3.31. The van der Waals surface area contributed by atoms with E-state index in [1.807, 2.05) is 12.2 Å². The molecule has 2 rings (SSSR count). The van der Waals surface area contributed by atoms with Crippen LogP contribution in [0.5, 0.6) is 0 Å². The normalized spacial score (nSPS) is 12.0. The Morgan fingerprint density at radius 1 is 1.17 bits per heavy atom. The molecule has 0 unspecified atom stereocenters. The molecule has 1 aromatic heterocycles. The van der Waals surface area contributed by atoms with Gasteiger partial charge in [-0.3, -0.25) is 4.79 Å². The maximum atomic E-state index is 11.2. The summed E-state index contributed by atoms with van der Waals surface area (Å²) in [6.07, 6.45) is 7.94. The van der Waals surface area contributed by atoms with Gasteiger partial charge in [0.2, 0.25) is 0 Å². The summed E-state index contributed by atoms with van der Waals surface area (Å²) in [6, 6.07) is 3.30. The van der Waals surface area contributed by atoms with Crippen LogP contribution in [-0.2, 0) is 30.5 Å². The van der Waals surface area contributed by atoms with E-state index in [1.54, 1.807) is 6.08 Å². The number of benzene rings is 1. The monoisotopic (exact) mass is 324 g/mol. The first-order valence-corrected chi connectivity index (χ1v) is 7.98. The van der Waals surface area contributed by atoms with E-state index in [2.05, 4.69) is 36.9 Å². The van der Waals surface area contributed by atoms with Crippen LogP contribution in [0, 0.1) is 0 Å². The Bertz CT molecular complexity index is 787. The fraction of sp³-hybridized carbons (Fsp3) is 0.250. The molecule has 1 aromatic carbocycles. The van der Waals surface area contributed by atoms with Gasteiger partial charge in [0, 0.05) is 29.4 Å². The Morgan fingerprint density at radius 2 is 1.83 bits per heavy atom. The molecule has 4 nitrogen and oxygen atoms in total. The first kappa shape index (κ1) is 17.8. The quantitative estimate of drug-likeness (QED) is 0.619. The lowest BCUT2D eigenvalue weighted by atomic mass is 9.96. The number of aliphatic carboxylic acids is 1. The van der Waals surface area contributed by atoms with Crippen molar-refractivity contribution in [1.82, 2.24) is 4.98 Å². The summed E-state index contributed by atoms with van der Waals surface area (Å²) in [5.74, 6) is -0.998. The van der Waals surface area contributed by atoms with Crippen LogP contribution in [0.2, 0.25) is 0 Å². The average molecular weight is 324 g/mol. The highest BCUT2D eigenvalue weighted by molar-refractivity contribution is 5.89. The van der Waals surface area contributed by atoms with Crippen LogP contribution < -0.4 is 5.73 Å². The van der Waals surface area contributed by atoms with E-state index in [0.717, 1.165) is 46.1 Å². The molecule has 0 radical (unpaired) electrons. The minimum atomic E-state index is -0.998. The zero-order chi connectivity index (χ0) is 17.7. The molecule has 0 bridgehead atoms. The lowest BCUT2D eigenvalue weighted by Crippen LogP contribution is -2.32. The fourth-order valence-electron chi connectivity index (χ4n) is 3.00. The second-order valence-electron chi connectivity index (χ2n) is 5.89. The summed E-state index contributed by atoms with van der Waals surface area (Å²) in [5.41, 5.74) is 11.0. The van der Waals surface area contributed by atoms with E-state index in [1.165, 1.54) is 0 Å². The Morgan fingerprint density at radius 3 is 2.42 bits per heavy atom. The van der Waals surface area contributed by atoms with E-state index in [-0.39, 0.29) is 6.42 Å². The summed E-state index contributed by atoms with van der Waals surface area (Å²) in [6.45, 7) is 11.4. The molecule has 24 heavy (non-hydrogen) atoms. The van der Waals surface area contributed by atoms with E-state index in [0.29, 0.717) is 6.42 Å². The number of hydrogen-bond donors (Lipinski definition) is 3. The van der Waals surface area contributed by atoms with Gasteiger partial charge in [0.25, 0.3) is 0 Å². The zero-order valence-electron chi connectivity index (χ0n) is 13.8. The molecule has 2 aromatic rings. The van der Waals surface area contributed by atoms with Crippen molar-refractivity contribution in [2.45, 2.75) is 31.7 Å². The van der Waals surface area contributed by atoms with Crippen molar-refractivity contribution in [3.63, 3.8) is 0 Å². The van der Waals surface area contributed by atoms with E-state index in [9.17, 15) is 4.79 Å². The second-order valence-corrected chi connectivity index (χ2v) is 5.89. The van der Waals surface area contributed by atoms with Gasteiger partial charge in [-0.2, -0.15) is 0 Å². The average Bonchev–Trinajstić information content (AvgIpc) is 2.86. The second kappa shape index (κ2) is 7.79. The standard InChI is InChI=1S/C20H24N2O2/c1-4-7-13-10-14(8-5-2)19-16(11-13)15(12-17(21)20(23)24)18(22-19)9-6-3/h4-6,10-11,17,22H,1-3,7-9,12,21H2,(H,23,24)/t17-/m0/s1. The third kappa shape index (κ3) is 3.66. The number of hydrogen-bond acceptors (Lipinski definition) is 2. The number of carboxylic acid groups (broad SMARTS) is 1. The molecular formula is C20H24N2O2. The largest absolute Gasteiger partial charge is 0.480 e. The molecule has 0 saturated heterocycles. The lowest BCUT2D eigenvalue weighted by molar-refractivity contribution is -0.138. The number of rotatable bonds is 9. The van der Waals surface area contributed by atoms with Crippen LogP contribution in [0.3, 0.4) is 0 Å². The summed E-state index contributed by atoms with van der Waals surface area (Å²) >= 11 is 0. The van der Waals surface area contributed by atoms with E-state index >= 15 is 0 Å². The Kier molecular flexibility index (Phi) is 5.77. The molecule has 0 aliphatic heterocycles. The number of allylic oxidation sites excluding steroid dienone is 3. The molecule has 0 amide bonds. The Labute approximate surface area is 142 Å². The third-order valence-electron chi connectivity index (χ3n) is 4.08. The molecule has 1 heterocycles. The van der Waals surface area contributed by atoms with Crippen molar-refractivity contribution in [2.75, 3.05) is 0 Å². The highest BCUT2D eigenvalue weighted by atomic mass is 16.4. The van der Waals surface area contributed by atoms with Crippen molar-refractivity contribution in [3.05, 3.63) is 72.5 Å². The van der Waals surface area contributed by atoms with Gasteiger partial charge in [-0.1, -0.05) is 24.3 Å². The van der Waals surface area contributed by atoms with Crippen molar-refractivity contribution in [2.24, 2.45) is 5.73 Å². The smallest absolute Gasteiger partial charge is 0.320 e. The molecular weight excluding hydrogens is 300 g/mol. The number of nitrogens with one attached hydrogen (secondary N) is 1. The molecule has 4 heteroatoms. The Balaban J connectivity index is 2.68. The van der Waals surface area contributed by atoms with E-state index < -0.39 is 12.0 Å². The minimum Gasteiger partial charge on any atom is -0.480 e. The van der Waals surface area contributed by atoms with Gasteiger partial charge in [-0.05, 0) is 35.6 Å². The van der Waals surface area contributed by atoms with Crippen LogP contribution in [0.1, 0.15) is 22.4 Å². The van der Waals surface area contributed by atoms with Crippen LogP contribution in [-0.4, -0.2) is 22.1 Å². The third-order valence-corrected chi connectivity index (χ3v) is 4.08. The summed E-state index contributed by atoms with van der Waals surface area (Å²) < 4.78 is 0. The topological polar surface area (TPSA) is 79.1 Å². The van der Waals surface area contributed by atoms with Crippen molar-refractivity contribution >= 4 is 16.9 Å². The molecule has 0 saturated carbocycles. The molecule has 0 aliphatic carbocycles. The van der Waals surface area contributed by atoms with Gasteiger partial charge in [0.15, 0.2) is 0 Å². The van der Waals surface area contributed by atoms with Gasteiger partial charge in [0.1, 0.15) is 6.04 Å². The predicted molar refractivity (Wildman–Crippen MR) is 99.3 cm³/mol. The SMILES string of the molecule is C=CCc1cc(CC=C)c2[nH]c(CC=C)c(C[C@H](N)C(=O)O)c2c1. The summed E-state index contributed by atoms with van der Waals surface area (Å²) in [7, 11) is 0. The summed E-state index contributed by atoms with van der Waals surface area (Å²) in [4.78, 5) is 14.6. The number of fused-ring (bicyclic) bond motifs is 1. The molecule has 0 fully saturated rings. The van der Waals surface area contributed by atoms with Gasteiger partial charge >= 0.3 is 5.97 Å². The minimum absolute atomic E-state index is 0.281. The van der Waals surface area contributed by atoms with Gasteiger partial charge in [-0.15, -0.1) is 19.7 Å². The zero-order valence-corrected chi connectivity index (χ0v) is 13.8. The molecule has 126 valence electrons. The number of H-pyrrole nitrogens is 1. The van der Waals surface area contributed by atoms with Crippen LogP contribution >= 0.6 is 0 Å². The fourth-order valence-corrected chi connectivity index (χ4v) is 3.00. The Hall–Kier alpha value is -2.59. The molecule has 0 aliphatic rings. The lowest BCUT2D eigenvalue weighted by Gasteiger charge is -2.09. The highest BCUT2D eigenvalue weighted by Gasteiger charge is 2.20. The summed E-state index contributed by atoms with van der Waals surface area (Å²) in [5, 5.41) is 10.2.